The molecule has 0 spiro atoms. The van der Waals surface area contributed by atoms with E-state index in [0.717, 1.165) is 60.0 Å². The summed E-state index contributed by atoms with van der Waals surface area (Å²) in [5, 5.41) is 12.0. The number of aryl methyl sites for hydroxylation is 1. The molecule has 1 aliphatic heterocycles. The molecule has 0 amide bonds. The lowest BCUT2D eigenvalue weighted by molar-refractivity contribution is -0.384. The lowest BCUT2D eigenvalue weighted by Crippen LogP contribution is -2.47. The number of para-hydroxylation sites is 1. The molecule has 4 aromatic rings. The van der Waals surface area contributed by atoms with Crippen LogP contribution in [0.5, 0.6) is 0 Å². The summed E-state index contributed by atoms with van der Waals surface area (Å²) < 4.78 is 0. The number of piperazine rings is 1. The summed E-state index contributed by atoms with van der Waals surface area (Å²) in [5.41, 5.74) is 4.25. The molecule has 3 aromatic carbocycles. The molecule has 160 valence electrons. The molecule has 0 atom stereocenters. The maximum absolute atomic E-state index is 10.9. The Bertz CT molecular complexity index is 1280. The van der Waals surface area contributed by atoms with Crippen molar-refractivity contribution in [2.24, 2.45) is 0 Å². The molecule has 0 radical (unpaired) electrons. The Morgan fingerprint density at radius 3 is 2.28 bits per heavy atom. The van der Waals surface area contributed by atoms with Crippen molar-refractivity contribution in [2.75, 3.05) is 36.0 Å². The molecule has 0 bridgehead atoms. The van der Waals surface area contributed by atoms with Gasteiger partial charge >= 0.3 is 0 Å². The number of hydrogen-bond donors (Lipinski definition) is 0. The highest BCUT2D eigenvalue weighted by Crippen LogP contribution is 2.29. The van der Waals surface area contributed by atoms with E-state index >= 15 is 0 Å². The molecule has 32 heavy (non-hydrogen) atoms. The van der Waals surface area contributed by atoms with E-state index < -0.39 is 0 Å². The maximum Gasteiger partial charge on any atom is 0.269 e. The first kappa shape index (κ1) is 19.9. The molecule has 5 rings (SSSR count). The molecule has 1 fully saturated rings. The SMILES string of the molecule is Cc1cccc(-c2nc(N3CCN(c4ccc([N+](=O)[O-])cc4)CC3)c3ccccc3n2)c1. The van der Waals surface area contributed by atoms with Crippen molar-refractivity contribution in [3.8, 4) is 11.4 Å². The molecular formula is C25H23N5O2. The topological polar surface area (TPSA) is 75.4 Å². The molecule has 1 saturated heterocycles. The van der Waals surface area contributed by atoms with Gasteiger partial charge < -0.3 is 9.80 Å². The van der Waals surface area contributed by atoms with Crippen molar-refractivity contribution >= 4 is 28.1 Å². The highest BCUT2D eigenvalue weighted by atomic mass is 16.6. The van der Waals surface area contributed by atoms with E-state index in [4.69, 9.17) is 9.97 Å². The number of nitrogens with zero attached hydrogens (tertiary/aromatic N) is 5. The fourth-order valence-corrected chi connectivity index (χ4v) is 4.18. The van der Waals surface area contributed by atoms with Crippen LogP contribution in [-0.2, 0) is 0 Å². The van der Waals surface area contributed by atoms with E-state index in [0.29, 0.717) is 0 Å². The van der Waals surface area contributed by atoms with Gasteiger partial charge in [-0.25, -0.2) is 9.97 Å². The Labute approximate surface area is 186 Å². The third kappa shape index (κ3) is 3.85. The largest absolute Gasteiger partial charge is 0.368 e. The van der Waals surface area contributed by atoms with Crippen LogP contribution < -0.4 is 9.80 Å². The molecule has 0 saturated carbocycles. The number of rotatable bonds is 4. The molecule has 0 N–H and O–H groups in total. The number of benzene rings is 3. The fourth-order valence-electron chi connectivity index (χ4n) is 4.18. The monoisotopic (exact) mass is 425 g/mol. The Morgan fingerprint density at radius 1 is 0.844 bits per heavy atom. The van der Waals surface area contributed by atoms with Gasteiger partial charge in [0.2, 0.25) is 0 Å². The molecule has 2 heterocycles. The summed E-state index contributed by atoms with van der Waals surface area (Å²) in [7, 11) is 0. The van der Waals surface area contributed by atoms with Gasteiger partial charge in [0.25, 0.3) is 5.69 Å². The van der Waals surface area contributed by atoms with Gasteiger partial charge in [0.15, 0.2) is 5.82 Å². The van der Waals surface area contributed by atoms with Gasteiger partial charge in [-0.1, -0.05) is 35.9 Å². The highest BCUT2D eigenvalue weighted by Gasteiger charge is 2.22. The number of non-ortho nitro benzene ring substituents is 1. The third-order valence-corrected chi connectivity index (χ3v) is 5.86. The lowest BCUT2D eigenvalue weighted by Gasteiger charge is -2.37. The van der Waals surface area contributed by atoms with E-state index in [9.17, 15) is 10.1 Å². The maximum atomic E-state index is 10.9. The van der Waals surface area contributed by atoms with E-state index in [2.05, 4.69) is 34.9 Å². The average Bonchev–Trinajstić information content (AvgIpc) is 2.83. The Hall–Kier alpha value is -4.00. The van der Waals surface area contributed by atoms with Gasteiger partial charge in [-0.15, -0.1) is 0 Å². The quantitative estimate of drug-likeness (QED) is 0.344. The van der Waals surface area contributed by atoms with Crippen LogP contribution in [-0.4, -0.2) is 41.1 Å². The van der Waals surface area contributed by atoms with Crippen LogP contribution in [0.25, 0.3) is 22.3 Å². The van der Waals surface area contributed by atoms with Crippen molar-refractivity contribution in [3.63, 3.8) is 0 Å². The van der Waals surface area contributed by atoms with E-state index in [-0.39, 0.29) is 10.6 Å². The standard InChI is InChI=1S/C25H23N5O2/c1-18-5-4-6-19(17-18)24-26-23-8-3-2-7-22(23)25(27-24)29-15-13-28(14-16-29)20-9-11-21(12-10-20)30(31)32/h2-12,17H,13-16H2,1H3. The minimum Gasteiger partial charge on any atom is -0.368 e. The number of hydrogen-bond acceptors (Lipinski definition) is 6. The van der Waals surface area contributed by atoms with Crippen molar-refractivity contribution in [3.05, 3.63) is 88.5 Å². The second-order valence-corrected chi connectivity index (χ2v) is 8.01. The van der Waals surface area contributed by atoms with Crippen LogP contribution in [0.1, 0.15) is 5.56 Å². The Kier molecular flexibility index (Phi) is 5.15. The normalized spacial score (nSPS) is 14.0. The molecule has 0 aliphatic carbocycles. The zero-order chi connectivity index (χ0) is 22.1. The van der Waals surface area contributed by atoms with Gasteiger partial charge in [0.1, 0.15) is 5.82 Å². The smallest absolute Gasteiger partial charge is 0.269 e. The third-order valence-electron chi connectivity index (χ3n) is 5.86. The Morgan fingerprint density at radius 2 is 1.56 bits per heavy atom. The predicted octanol–water partition coefficient (Wildman–Crippen LogP) is 4.84. The second kappa shape index (κ2) is 8.26. The van der Waals surface area contributed by atoms with Crippen molar-refractivity contribution < 1.29 is 4.92 Å². The second-order valence-electron chi connectivity index (χ2n) is 8.01. The van der Waals surface area contributed by atoms with Gasteiger partial charge in [-0.2, -0.15) is 0 Å². The van der Waals surface area contributed by atoms with Crippen molar-refractivity contribution in [2.45, 2.75) is 6.92 Å². The first-order chi connectivity index (χ1) is 15.6. The lowest BCUT2D eigenvalue weighted by atomic mass is 10.1. The minimum atomic E-state index is -0.367. The fraction of sp³-hybridized carbons (Fsp3) is 0.200. The summed E-state index contributed by atoms with van der Waals surface area (Å²) >= 11 is 0. The summed E-state index contributed by atoms with van der Waals surface area (Å²) in [6.07, 6.45) is 0. The summed E-state index contributed by atoms with van der Waals surface area (Å²) in [4.78, 5) is 24.9. The predicted molar refractivity (Wildman–Crippen MR) is 127 cm³/mol. The van der Waals surface area contributed by atoms with E-state index in [1.165, 1.54) is 5.56 Å². The van der Waals surface area contributed by atoms with Gasteiger partial charge in [-0.05, 0) is 37.3 Å². The van der Waals surface area contributed by atoms with Crippen molar-refractivity contribution in [1.82, 2.24) is 9.97 Å². The summed E-state index contributed by atoms with van der Waals surface area (Å²) in [6, 6.07) is 23.2. The van der Waals surface area contributed by atoms with Crippen molar-refractivity contribution in [1.29, 1.82) is 0 Å². The zero-order valence-corrected chi connectivity index (χ0v) is 17.8. The molecular weight excluding hydrogens is 402 g/mol. The van der Waals surface area contributed by atoms with Crippen LogP contribution in [0.2, 0.25) is 0 Å². The van der Waals surface area contributed by atoms with Crippen LogP contribution in [0.4, 0.5) is 17.2 Å². The molecule has 1 aliphatic rings. The zero-order valence-electron chi connectivity index (χ0n) is 17.8. The number of aromatic nitrogens is 2. The van der Waals surface area contributed by atoms with Gasteiger partial charge in [0, 0.05) is 54.9 Å². The van der Waals surface area contributed by atoms with Crippen LogP contribution in [0.3, 0.4) is 0 Å². The van der Waals surface area contributed by atoms with E-state index in [1.807, 2.05) is 42.5 Å². The number of anilines is 2. The molecule has 7 nitrogen and oxygen atoms in total. The highest BCUT2D eigenvalue weighted by molar-refractivity contribution is 5.91. The van der Waals surface area contributed by atoms with Gasteiger partial charge in [-0.3, -0.25) is 10.1 Å². The summed E-state index contributed by atoms with van der Waals surface area (Å²) in [5.74, 6) is 1.69. The van der Waals surface area contributed by atoms with Crippen LogP contribution in [0, 0.1) is 17.0 Å². The molecule has 1 aromatic heterocycles. The first-order valence-electron chi connectivity index (χ1n) is 10.7. The van der Waals surface area contributed by atoms with E-state index in [1.54, 1.807) is 12.1 Å². The average molecular weight is 425 g/mol. The summed E-state index contributed by atoms with van der Waals surface area (Å²) in [6.45, 7) is 5.32. The van der Waals surface area contributed by atoms with Gasteiger partial charge in [0.05, 0.1) is 10.4 Å². The number of fused-ring (bicyclic) bond motifs is 1. The molecule has 0 unspecified atom stereocenters. The number of nitro groups is 1. The van der Waals surface area contributed by atoms with Crippen LogP contribution >= 0.6 is 0 Å². The molecule has 7 heteroatoms. The Balaban J connectivity index is 1.43. The van der Waals surface area contributed by atoms with Crippen LogP contribution in [0.15, 0.2) is 72.8 Å². The first-order valence-corrected chi connectivity index (χ1v) is 10.7. The minimum absolute atomic E-state index is 0.114. The number of nitro benzene ring substituents is 1.